The van der Waals surface area contributed by atoms with Crippen LogP contribution in [0.3, 0.4) is 0 Å². The fourth-order valence-electron chi connectivity index (χ4n) is 2.08. The van der Waals surface area contributed by atoms with Gasteiger partial charge in [-0.15, -0.1) is 23.1 Å². The highest BCUT2D eigenvalue weighted by molar-refractivity contribution is 9.10. The van der Waals surface area contributed by atoms with Crippen LogP contribution in [-0.2, 0) is 6.42 Å². The van der Waals surface area contributed by atoms with Crippen molar-refractivity contribution in [1.82, 2.24) is 5.32 Å². The Morgan fingerprint density at radius 3 is 2.85 bits per heavy atom. The minimum atomic E-state index is 0.524. The fourth-order valence-corrected chi connectivity index (χ4v) is 4.69. The van der Waals surface area contributed by atoms with Crippen LogP contribution in [0.2, 0.25) is 0 Å². The highest BCUT2D eigenvalue weighted by Gasteiger charge is 2.10. The van der Waals surface area contributed by atoms with Crippen LogP contribution in [-0.4, -0.2) is 18.3 Å². The molecule has 1 heterocycles. The molecule has 2 aromatic rings. The van der Waals surface area contributed by atoms with Crippen molar-refractivity contribution < 1.29 is 0 Å². The lowest BCUT2D eigenvalue weighted by Gasteiger charge is -2.16. The van der Waals surface area contributed by atoms with Crippen LogP contribution >= 0.6 is 39.0 Å². The third-order valence-electron chi connectivity index (χ3n) is 3.00. The van der Waals surface area contributed by atoms with Crippen molar-refractivity contribution in [3.8, 4) is 0 Å². The van der Waals surface area contributed by atoms with E-state index in [0.717, 1.165) is 18.7 Å². The number of thiophene rings is 1. The van der Waals surface area contributed by atoms with Crippen molar-refractivity contribution in [2.24, 2.45) is 0 Å². The van der Waals surface area contributed by atoms with Crippen molar-refractivity contribution in [3.05, 3.63) is 50.6 Å². The Balaban J connectivity index is 1.91. The molecule has 0 saturated carbocycles. The van der Waals surface area contributed by atoms with Crippen molar-refractivity contribution in [2.45, 2.75) is 31.2 Å². The van der Waals surface area contributed by atoms with E-state index in [1.807, 2.05) is 23.1 Å². The van der Waals surface area contributed by atoms with Crippen LogP contribution in [0.5, 0.6) is 0 Å². The number of thioether (sulfide) groups is 1. The molecule has 0 amide bonds. The molecule has 1 atom stereocenters. The number of benzene rings is 1. The number of nitrogens with one attached hydrogen (secondary N) is 1. The Morgan fingerprint density at radius 1 is 1.35 bits per heavy atom. The van der Waals surface area contributed by atoms with Crippen LogP contribution in [0.4, 0.5) is 0 Å². The summed E-state index contributed by atoms with van der Waals surface area (Å²) in [6.07, 6.45) is 1.10. The SMILES string of the molecule is CCNC(CSc1cccc(C)c1)Cc1cc(Br)cs1. The third-order valence-corrected chi connectivity index (χ3v) is 5.88. The predicted octanol–water partition coefficient (Wildman–Crippen LogP) is 5.13. The Morgan fingerprint density at radius 2 is 2.20 bits per heavy atom. The molecule has 2 rings (SSSR count). The summed E-state index contributed by atoms with van der Waals surface area (Å²) in [5, 5.41) is 5.75. The van der Waals surface area contributed by atoms with E-state index in [4.69, 9.17) is 0 Å². The first-order valence-corrected chi connectivity index (χ1v) is 9.49. The second-order valence-corrected chi connectivity index (χ2v) is 7.82. The van der Waals surface area contributed by atoms with Gasteiger partial charge in [-0.05, 0) is 54.0 Å². The number of rotatable bonds is 7. The predicted molar refractivity (Wildman–Crippen MR) is 95.1 cm³/mol. The molecule has 1 unspecified atom stereocenters. The van der Waals surface area contributed by atoms with Crippen LogP contribution in [0.25, 0.3) is 0 Å². The Kier molecular flexibility index (Phi) is 6.62. The van der Waals surface area contributed by atoms with E-state index in [-0.39, 0.29) is 0 Å². The maximum Gasteiger partial charge on any atom is 0.0285 e. The van der Waals surface area contributed by atoms with E-state index in [9.17, 15) is 0 Å². The zero-order valence-electron chi connectivity index (χ0n) is 11.9. The molecule has 1 aromatic heterocycles. The van der Waals surface area contributed by atoms with Gasteiger partial charge in [0, 0.05) is 31.4 Å². The Labute approximate surface area is 138 Å². The van der Waals surface area contributed by atoms with Gasteiger partial charge in [0.15, 0.2) is 0 Å². The van der Waals surface area contributed by atoms with Crippen molar-refractivity contribution in [1.29, 1.82) is 0 Å². The van der Waals surface area contributed by atoms with E-state index in [1.165, 1.54) is 19.8 Å². The quantitative estimate of drug-likeness (QED) is 0.678. The van der Waals surface area contributed by atoms with Crippen molar-refractivity contribution in [3.63, 3.8) is 0 Å². The van der Waals surface area contributed by atoms with E-state index < -0.39 is 0 Å². The summed E-state index contributed by atoms with van der Waals surface area (Å²) in [4.78, 5) is 2.80. The van der Waals surface area contributed by atoms with Crippen LogP contribution in [0.1, 0.15) is 17.4 Å². The molecule has 4 heteroatoms. The van der Waals surface area contributed by atoms with Crippen molar-refractivity contribution in [2.75, 3.05) is 12.3 Å². The van der Waals surface area contributed by atoms with Gasteiger partial charge in [0.2, 0.25) is 0 Å². The van der Waals surface area contributed by atoms with Gasteiger partial charge in [-0.2, -0.15) is 0 Å². The molecule has 0 saturated heterocycles. The topological polar surface area (TPSA) is 12.0 Å². The highest BCUT2D eigenvalue weighted by atomic mass is 79.9. The first kappa shape index (κ1) is 16.1. The van der Waals surface area contributed by atoms with Gasteiger partial charge in [0.1, 0.15) is 0 Å². The minimum absolute atomic E-state index is 0.524. The molecule has 0 radical (unpaired) electrons. The molecule has 108 valence electrons. The number of halogens is 1. The summed E-state index contributed by atoms with van der Waals surface area (Å²) >= 11 is 7.30. The first-order valence-electron chi connectivity index (χ1n) is 6.83. The largest absolute Gasteiger partial charge is 0.313 e. The molecule has 1 aromatic carbocycles. The van der Waals surface area contributed by atoms with E-state index in [0.29, 0.717) is 6.04 Å². The summed E-state index contributed by atoms with van der Waals surface area (Å²) < 4.78 is 1.19. The molecule has 0 fully saturated rings. The summed E-state index contributed by atoms with van der Waals surface area (Å²) in [5.41, 5.74) is 1.33. The molecule has 1 nitrogen and oxygen atoms in total. The lowest BCUT2D eigenvalue weighted by molar-refractivity contribution is 0.576. The fraction of sp³-hybridized carbons (Fsp3) is 0.375. The second kappa shape index (κ2) is 8.23. The van der Waals surface area contributed by atoms with Crippen LogP contribution < -0.4 is 5.32 Å². The number of likely N-dealkylation sites (N-methyl/N-ethyl adjacent to an activating group) is 1. The van der Waals surface area contributed by atoms with E-state index >= 15 is 0 Å². The van der Waals surface area contributed by atoms with Gasteiger partial charge in [0.05, 0.1) is 0 Å². The number of hydrogen-bond acceptors (Lipinski definition) is 3. The number of aryl methyl sites for hydroxylation is 1. The molecular formula is C16H20BrNS2. The summed E-state index contributed by atoms with van der Waals surface area (Å²) in [5.74, 6) is 1.10. The zero-order chi connectivity index (χ0) is 14.4. The lowest BCUT2D eigenvalue weighted by Crippen LogP contribution is -2.32. The highest BCUT2D eigenvalue weighted by Crippen LogP contribution is 2.24. The van der Waals surface area contributed by atoms with Crippen LogP contribution in [0.15, 0.2) is 45.1 Å². The zero-order valence-corrected chi connectivity index (χ0v) is 15.1. The lowest BCUT2D eigenvalue weighted by atomic mass is 10.2. The summed E-state index contributed by atoms with van der Waals surface area (Å²) in [6.45, 7) is 5.34. The van der Waals surface area contributed by atoms with Gasteiger partial charge >= 0.3 is 0 Å². The first-order chi connectivity index (χ1) is 9.67. The molecule has 0 aliphatic heterocycles. The summed E-state index contributed by atoms with van der Waals surface area (Å²) in [7, 11) is 0. The third kappa shape index (κ3) is 5.24. The van der Waals surface area contributed by atoms with E-state index in [1.54, 1.807) is 0 Å². The van der Waals surface area contributed by atoms with E-state index in [2.05, 4.69) is 70.8 Å². The molecule has 1 N–H and O–H groups in total. The maximum atomic E-state index is 3.60. The molecule has 20 heavy (non-hydrogen) atoms. The smallest absolute Gasteiger partial charge is 0.0285 e. The standard InChI is InChI=1S/C16H20BrNS2/c1-3-18-14(9-16-8-13(17)10-19-16)11-20-15-6-4-5-12(2)7-15/h4-8,10,14,18H,3,9,11H2,1-2H3. The molecule has 0 spiro atoms. The van der Waals surface area contributed by atoms with Crippen LogP contribution in [0, 0.1) is 6.92 Å². The molecule has 0 bridgehead atoms. The maximum absolute atomic E-state index is 3.60. The van der Waals surface area contributed by atoms with Gasteiger partial charge in [0.25, 0.3) is 0 Å². The average molecular weight is 370 g/mol. The second-order valence-electron chi connectivity index (χ2n) is 4.82. The minimum Gasteiger partial charge on any atom is -0.313 e. The average Bonchev–Trinajstić information content (AvgIpc) is 2.82. The normalized spacial score (nSPS) is 12.6. The number of hydrogen-bond donors (Lipinski definition) is 1. The monoisotopic (exact) mass is 369 g/mol. The molecule has 0 aliphatic rings. The van der Waals surface area contributed by atoms with Gasteiger partial charge in [-0.25, -0.2) is 0 Å². The van der Waals surface area contributed by atoms with Gasteiger partial charge in [-0.3, -0.25) is 0 Å². The van der Waals surface area contributed by atoms with Gasteiger partial charge < -0.3 is 5.32 Å². The van der Waals surface area contributed by atoms with Crippen molar-refractivity contribution >= 4 is 39.0 Å². The molecular weight excluding hydrogens is 350 g/mol. The summed E-state index contributed by atoms with van der Waals surface area (Å²) in [6, 6.07) is 11.5. The molecule has 0 aliphatic carbocycles. The Hall–Kier alpha value is -0.290. The Bertz CT molecular complexity index is 539. The van der Waals surface area contributed by atoms with Gasteiger partial charge in [-0.1, -0.05) is 24.6 Å².